The zero-order valence-corrected chi connectivity index (χ0v) is 29.2. The molecule has 4 heterocycles. The normalized spacial score (nSPS) is 15.8. The van der Waals surface area contributed by atoms with E-state index in [2.05, 4.69) is 188 Å². The fourth-order valence-electron chi connectivity index (χ4n) is 8.21. The predicted molar refractivity (Wildman–Crippen MR) is 217 cm³/mol. The van der Waals surface area contributed by atoms with Gasteiger partial charge in [0.25, 0.3) is 0 Å². The molecule has 1 unspecified atom stereocenters. The summed E-state index contributed by atoms with van der Waals surface area (Å²) >= 11 is 0. The summed E-state index contributed by atoms with van der Waals surface area (Å²) in [5.74, 6) is 0.627. The van der Waals surface area contributed by atoms with E-state index < -0.39 is 0 Å². The highest BCUT2D eigenvalue weighted by Gasteiger charge is 2.21. The number of fused-ring (bicyclic) bond motifs is 7. The number of hydrogen-bond donors (Lipinski definition) is 3. The van der Waals surface area contributed by atoms with Gasteiger partial charge in [-0.1, -0.05) is 97.1 Å². The van der Waals surface area contributed by atoms with Crippen LogP contribution >= 0.6 is 0 Å². The van der Waals surface area contributed by atoms with Gasteiger partial charge in [-0.2, -0.15) is 5.48 Å². The highest BCUT2D eigenvalue weighted by Crippen LogP contribution is 2.42. The molecule has 8 heteroatoms. The van der Waals surface area contributed by atoms with E-state index in [4.69, 9.17) is 9.68 Å². The Balaban J connectivity index is 1.00. The molecule has 2 aromatic heterocycles. The zero-order valence-electron chi connectivity index (χ0n) is 29.2. The van der Waals surface area contributed by atoms with Gasteiger partial charge in [0.1, 0.15) is 6.67 Å². The van der Waals surface area contributed by atoms with Crippen molar-refractivity contribution >= 4 is 49.5 Å². The lowest BCUT2D eigenvalue weighted by Gasteiger charge is -2.12. The highest BCUT2D eigenvalue weighted by atomic mass is 16.7. The number of nitrogens with zero attached hydrogens (tertiary/aromatic N) is 3. The van der Waals surface area contributed by atoms with E-state index in [1.807, 2.05) is 0 Å². The Labute approximate surface area is 310 Å². The van der Waals surface area contributed by atoms with Crippen LogP contribution in [0.2, 0.25) is 0 Å². The summed E-state index contributed by atoms with van der Waals surface area (Å²) in [6.07, 6.45) is -0.126. The van der Waals surface area contributed by atoms with Crippen LogP contribution in [0.25, 0.3) is 77.2 Å². The van der Waals surface area contributed by atoms with Gasteiger partial charge in [-0.3, -0.25) is 10.2 Å². The minimum atomic E-state index is -0.126. The van der Waals surface area contributed by atoms with Gasteiger partial charge in [0.15, 0.2) is 6.23 Å². The number of para-hydroxylation sites is 2. The van der Waals surface area contributed by atoms with Gasteiger partial charge in [0.2, 0.25) is 5.90 Å². The van der Waals surface area contributed by atoms with Gasteiger partial charge in [-0.05, 0) is 88.5 Å². The van der Waals surface area contributed by atoms with Crippen molar-refractivity contribution in [1.82, 2.24) is 25.4 Å². The number of hydrogen-bond acceptors (Lipinski definition) is 6. The van der Waals surface area contributed by atoms with Gasteiger partial charge in [-0.15, -0.1) is 5.48 Å². The second kappa shape index (κ2) is 12.5. The topological polar surface area (TPSA) is 76.8 Å². The Morgan fingerprint density at radius 1 is 0.481 bits per heavy atom. The van der Waals surface area contributed by atoms with Gasteiger partial charge in [-0.25, -0.2) is 4.99 Å². The van der Waals surface area contributed by atoms with E-state index in [1.54, 1.807) is 0 Å². The molecular weight excluding hydrogens is 669 g/mol. The number of aliphatic imine (C=N–C) groups is 1. The Hall–Kier alpha value is -6.55. The lowest BCUT2D eigenvalue weighted by Crippen LogP contribution is -2.14. The van der Waals surface area contributed by atoms with E-state index in [0.29, 0.717) is 19.2 Å². The Bertz CT molecular complexity index is 2880. The number of benzene rings is 7. The standard InChI is InChI=1S/C46H34N6O2/c1-3-7-39-37(5-1)43-41(51(39)35-21-17-31(18-22-35)29-9-13-33(14-10-29)45-47-27-49-53-45)25-26-42-44(43)38-6-2-4-8-40(38)52(42)36-23-19-32(20-24-36)30-11-15-34(16-12-30)46-48-28-50-54-46/h1-26,45,47,49-50H,27-28H2. The third-order valence-corrected chi connectivity index (χ3v) is 10.8. The lowest BCUT2D eigenvalue weighted by molar-refractivity contribution is 0.0277. The number of hydroxylamine groups is 2. The van der Waals surface area contributed by atoms with Crippen molar-refractivity contribution < 1.29 is 9.68 Å². The van der Waals surface area contributed by atoms with Crippen molar-refractivity contribution in [3.8, 4) is 33.6 Å². The molecule has 9 aromatic rings. The molecular formula is C46H34N6O2. The summed E-state index contributed by atoms with van der Waals surface area (Å²) < 4.78 is 4.80. The second-order valence-corrected chi connectivity index (χ2v) is 13.7. The molecule has 8 nitrogen and oxygen atoms in total. The SMILES string of the molecule is c1ccc2c(c1)c1c3c4ccccc4n(-c4ccc(-c5ccc(C6NCNO6)cc5)cc4)c3ccc1n2-c1ccc(-c2ccc(C3=NCNO3)cc2)cc1. The fourth-order valence-corrected chi connectivity index (χ4v) is 8.21. The second-order valence-electron chi connectivity index (χ2n) is 13.7. The third-order valence-electron chi connectivity index (χ3n) is 10.8. The molecule has 0 bridgehead atoms. The average molecular weight is 703 g/mol. The minimum Gasteiger partial charge on any atom is -0.386 e. The first-order valence-electron chi connectivity index (χ1n) is 18.2. The van der Waals surface area contributed by atoms with Crippen LogP contribution in [0.3, 0.4) is 0 Å². The van der Waals surface area contributed by atoms with Crippen molar-refractivity contribution in [1.29, 1.82) is 0 Å². The summed E-state index contributed by atoms with van der Waals surface area (Å²) in [5.41, 5.74) is 19.4. The first kappa shape index (κ1) is 31.0. The van der Waals surface area contributed by atoms with Crippen molar-refractivity contribution in [3.63, 3.8) is 0 Å². The number of nitrogens with one attached hydrogen (secondary N) is 3. The molecule has 0 spiro atoms. The molecule has 2 aliphatic heterocycles. The summed E-state index contributed by atoms with van der Waals surface area (Å²) in [6.45, 7) is 1.12. The maximum atomic E-state index is 5.55. The van der Waals surface area contributed by atoms with Gasteiger partial charge in [0, 0.05) is 38.5 Å². The molecule has 1 fully saturated rings. The highest BCUT2D eigenvalue weighted by molar-refractivity contribution is 6.28. The maximum absolute atomic E-state index is 5.55. The Morgan fingerprint density at radius 2 is 0.963 bits per heavy atom. The Kier molecular flexibility index (Phi) is 7.21. The van der Waals surface area contributed by atoms with Crippen LogP contribution in [0.5, 0.6) is 0 Å². The van der Waals surface area contributed by atoms with Crippen molar-refractivity contribution in [3.05, 3.63) is 169 Å². The molecule has 0 aliphatic carbocycles. The quantitative estimate of drug-likeness (QED) is 0.161. The van der Waals surface area contributed by atoms with Gasteiger partial charge >= 0.3 is 0 Å². The van der Waals surface area contributed by atoms with E-state index in [9.17, 15) is 0 Å². The largest absolute Gasteiger partial charge is 0.386 e. The number of aromatic nitrogens is 2. The monoisotopic (exact) mass is 702 g/mol. The molecule has 1 saturated heterocycles. The Morgan fingerprint density at radius 3 is 1.44 bits per heavy atom. The number of rotatable bonds is 6. The molecule has 11 rings (SSSR count). The molecule has 0 saturated carbocycles. The van der Waals surface area contributed by atoms with E-state index in [0.717, 1.165) is 33.6 Å². The molecule has 1 atom stereocenters. The summed E-state index contributed by atoms with van der Waals surface area (Å²) in [5, 5.41) is 8.28. The van der Waals surface area contributed by atoms with Crippen LogP contribution in [0.15, 0.2) is 163 Å². The first-order chi connectivity index (χ1) is 26.8. The van der Waals surface area contributed by atoms with E-state index >= 15 is 0 Å². The van der Waals surface area contributed by atoms with Gasteiger partial charge < -0.3 is 14.0 Å². The predicted octanol–water partition coefficient (Wildman–Crippen LogP) is 9.53. The summed E-state index contributed by atoms with van der Waals surface area (Å²) in [4.78, 5) is 15.3. The summed E-state index contributed by atoms with van der Waals surface area (Å²) in [7, 11) is 0. The third kappa shape index (κ3) is 4.97. The average Bonchev–Trinajstić information content (AvgIpc) is 4.07. The molecule has 3 N–H and O–H groups in total. The van der Waals surface area contributed by atoms with Crippen molar-refractivity contribution in [2.45, 2.75) is 6.23 Å². The molecule has 7 aromatic carbocycles. The molecule has 54 heavy (non-hydrogen) atoms. The fraction of sp³-hybridized carbons (Fsp3) is 0.0652. The molecule has 2 aliphatic rings. The van der Waals surface area contributed by atoms with E-state index in [1.165, 1.54) is 54.7 Å². The van der Waals surface area contributed by atoms with Crippen LogP contribution in [0.4, 0.5) is 0 Å². The lowest BCUT2D eigenvalue weighted by atomic mass is 10.0. The first-order valence-corrected chi connectivity index (χ1v) is 18.2. The summed E-state index contributed by atoms with van der Waals surface area (Å²) in [6, 6.07) is 56.8. The molecule has 0 radical (unpaired) electrons. The van der Waals surface area contributed by atoms with Crippen molar-refractivity contribution in [2.75, 3.05) is 13.3 Å². The van der Waals surface area contributed by atoms with Crippen LogP contribution in [0.1, 0.15) is 17.4 Å². The van der Waals surface area contributed by atoms with E-state index in [-0.39, 0.29) is 6.23 Å². The zero-order chi connectivity index (χ0) is 35.6. The van der Waals surface area contributed by atoms with Crippen molar-refractivity contribution in [2.24, 2.45) is 4.99 Å². The molecule has 0 amide bonds. The van der Waals surface area contributed by atoms with Gasteiger partial charge in [0.05, 0.1) is 28.7 Å². The maximum Gasteiger partial charge on any atom is 0.242 e. The molecule has 260 valence electrons. The van der Waals surface area contributed by atoms with Crippen LogP contribution < -0.4 is 16.3 Å². The minimum absolute atomic E-state index is 0.126. The van der Waals surface area contributed by atoms with Crippen LogP contribution in [-0.2, 0) is 9.68 Å². The van der Waals surface area contributed by atoms with Crippen LogP contribution in [-0.4, -0.2) is 28.4 Å². The van der Waals surface area contributed by atoms with Crippen LogP contribution in [0, 0.1) is 0 Å². The smallest absolute Gasteiger partial charge is 0.242 e.